The quantitative estimate of drug-likeness (QED) is 0.505. The average Bonchev–Trinajstić information content (AvgIpc) is 2.72. The van der Waals surface area contributed by atoms with Gasteiger partial charge in [-0.1, -0.05) is 6.42 Å². The monoisotopic (exact) mass is 539 g/mol. The molecule has 30 heavy (non-hydrogen) atoms. The van der Waals surface area contributed by atoms with Gasteiger partial charge in [0.1, 0.15) is 5.78 Å². The highest BCUT2D eigenvalue weighted by Gasteiger charge is 2.47. The van der Waals surface area contributed by atoms with Crippen LogP contribution in [0.2, 0.25) is 0 Å². The van der Waals surface area contributed by atoms with Gasteiger partial charge in [0.15, 0.2) is 23.0 Å². The summed E-state index contributed by atoms with van der Waals surface area (Å²) < 4.78 is 11.7. The molecule has 3 N–H and O–H groups in total. The third-order valence-electron chi connectivity index (χ3n) is 6.18. The van der Waals surface area contributed by atoms with Crippen LogP contribution in [-0.4, -0.2) is 30.2 Å². The molecule has 1 aliphatic carbocycles. The summed E-state index contributed by atoms with van der Waals surface area (Å²) in [6.07, 6.45) is 2.62. The Morgan fingerprint density at radius 2 is 1.30 bits per heavy atom. The number of carbonyl (C=O) groups excluding carboxylic acids is 1. The smallest absolute Gasteiger partial charge is 0.172 e. The van der Waals surface area contributed by atoms with Crippen LogP contribution >= 0.6 is 31.9 Å². The highest BCUT2D eigenvalue weighted by atomic mass is 79.9. The molecule has 2 bridgehead atoms. The van der Waals surface area contributed by atoms with Gasteiger partial charge in [0.25, 0.3) is 0 Å². The van der Waals surface area contributed by atoms with E-state index in [-0.39, 0.29) is 41.2 Å². The van der Waals surface area contributed by atoms with Crippen molar-refractivity contribution < 1.29 is 24.5 Å². The molecular weight excluding hydrogens is 518 g/mol. The van der Waals surface area contributed by atoms with E-state index in [1.54, 1.807) is 12.1 Å². The topological polar surface area (TPSA) is 88.0 Å². The van der Waals surface area contributed by atoms with Crippen molar-refractivity contribution in [1.82, 2.24) is 5.32 Å². The first-order valence-corrected chi connectivity index (χ1v) is 11.4. The van der Waals surface area contributed by atoms with Gasteiger partial charge < -0.3 is 25.0 Å². The minimum absolute atomic E-state index is 0.0358. The molecule has 4 rings (SSSR count). The fraction of sp³-hybridized carbons (Fsp3) is 0.409. The third-order valence-corrected chi connectivity index (χ3v) is 7.39. The van der Waals surface area contributed by atoms with E-state index in [2.05, 4.69) is 37.2 Å². The highest BCUT2D eigenvalue weighted by Crippen LogP contribution is 2.49. The number of halogens is 2. The molecule has 0 aromatic heterocycles. The number of carbonyl (C=O) groups is 1. The molecule has 0 unspecified atom stereocenters. The van der Waals surface area contributed by atoms with Gasteiger partial charge in [0.05, 0.1) is 23.2 Å². The van der Waals surface area contributed by atoms with Crippen molar-refractivity contribution in [2.45, 2.75) is 31.3 Å². The molecule has 2 aromatic rings. The number of ketones is 1. The van der Waals surface area contributed by atoms with Crippen LogP contribution < -0.4 is 14.8 Å². The number of piperidine rings is 1. The van der Waals surface area contributed by atoms with E-state index in [0.717, 1.165) is 30.4 Å². The fourth-order valence-electron chi connectivity index (χ4n) is 4.72. The molecule has 2 aromatic carbocycles. The maximum Gasteiger partial charge on any atom is 0.172 e. The molecule has 2 aliphatic rings. The summed E-state index contributed by atoms with van der Waals surface area (Å²) in [7, 11) is 3.01. The Labute approximate surface area is 191 Å². The van der Waals surface area contributed by atoms with Crippen molar-refractivity contribution in [3.05, 3.63) is 44.3 Å². The summed E-state index contributed by atoms with van der Waals surface area (Å²) in [5.74, 6) is 0.769. The SMILES string of the molecule is COc1cc([C@H]2N[C@@H](c3cc(Br)c(O)c(OC)c3)[C@H]3CCC[C@@H]2C3=O)cc(Br)c1O. The number of hydrogen-bond acceptors (Lipinski definition) is 6. The molecule has 0 amide bonds. The van der Waals surface area contributed by atoms with Crippen LogP contribution in [0.15, 0.2) is 33.2 Å². The number of ether oxygens (including phenoxy) is 2. The molecule has 0 radical (unpaired) electrons. The van der Waals surface area contributed by atoms with Crippen molar-refractivity contribution in [3.8, 4) is 23.0 Å². The summed E-state index contributed by atoms with van der Waals surface area (Å²) in [4.78, 5) is 13.4. The Morgan fingerprint density at radius 3 is 1.70 bits per heavy atom. The first kappa shape index (κ1) is 21.5. The molecule has 160 valence electrons. The van der Waals surface area contributed by atoms with Crippen LogP contribution in [0.5, 0.6) is 23.0 Å². The number of nitrogens with one attached hydrogen (secondary N) is 1. The van der Waals surface area contributed by atoms with Gasteiger partial charge in [-0.3, -0.25) is 4.79 Å². The van der Waals surface area contributed by atoms with Crippen molar-refractivity contribution in [1.29, 1.82) is 0 Å². The van der Waals surface area contributed by atoms with Crippen LogP contribution in [0, 0.1) is 11.8 Å². The molecular formula is C22H23Br2NO5. The number of rotatable bonds is 4. The molecule has 1 saturated carbocycles. The lowest BCUT2D eigenvalue weighted by Gasteiger charge is -2.45. The predicted molar refractivity (Wildman–Crippen MR) is 119 cm³/mol. The predicted octanol–water partition coefficient (Wildman–Crippen LogP) is 5.01. The summed E-state index contributed by atoms with van der Waals surface area (Å²) in [6, 6.07) is 6.80. The van der Waals surface area contributed by atoms with Gasteiger partial charge in [-0.05, 0) is 80.1 Å². The molecule has 8 heteroatoms. The Bertz CT molecular complexity index is 920. The number of phenols is 2. The first-order chi connectivity index (χ1) is 14.3. The van der Waals surface area contributed by atoms with E-state index < -0.39 is 0 Å². The molecule has 2 fully saturated rings. The average molecular weight is 541 g/mol. The highest BCUT2D eigenvalue weighted by molar-refractivity contribution is 9.10. The Morgan fingerprint density at radius 1 is 0.867 bits per heavy atom. The zero-order chi connectivity index (χ0) is 21.6. The van der Waals surface area contributed by atoms with Crippen LogP contribution in [0.25, 0.3) is 0 Å². The Hall–Kier alpha value is -1.77. The van der Waals surface area contributed by atoms with E-state index in [4.69, 9.17) is 9.47 Å². The van der Waals surface area contributed by atoms with Crippen LogP contribution in [0.4, 0.5) is 0 Å². The molecule has 6 nitrogen and oxygen atoms in total. The zero-order valence-corrected chi connectivity index (χ0v) is 19.8. The molecule has 0 spiro atoms. The first-order valence-electron chi connectivity index (χ1n) is 9.78. The molecule has 4 atom stereocenters. The van der Waals surface area contributed by atoms with Crippen molar-refractivity contribution >= 4 is 37.6 Å². The van der Waals surface area contributed by atoms with Crippen LogP contribution in [0.1, 0.15) is 42.5 Å². The lowest BCUT2D eigenvalue weighted by molar-refractivity contribution is -0.135. The van der Waals surface area contributed by atoms with Crippen LogP contribution in [-0.2, 0) is 4.79 Å². The van der Waals surface area contributed by atoms with Crippen molar-refractivity contribution in [3.63, 3.8) is 0 Å². The van der Waals surface area contributed by atoms with E-state index in [9.17, 15) is 15.0 Å². The molecule has 1 heterocycles. The second-order valence-electron chi connectivity index (χ2n) is 7.78. The Kier molecular flexibility index (Phi) is 6.01. The van der Waals surface area contributed by atoms with Crippen molar-refractivity contribution in [2.24, 2.45) is 11.8 Å². The van der Waals surface area contributed by atoms with E-state index in [1.165, 1.54) is 14.2 Å². The minimum Gasteiger partial charge on any atom is -0.503 e. The van der Waals surface area contributed by atoms with Crippen molar-refractivity contribution in [2.75, 3.05) is 14.2 Å². The van der Waals surface area contributed by atoms with E-state index >= 15 is 0 Å². The maximum atomic E-state index is 13.4. The van der Waals surface area contributed by atoms with Gasteiger partial charge in [0, 0.05) is 23.9 Å². The van der Waals surface area contributed by atoms with Gasteiger partial charge in [-0.15, -0.1) is 0 Å². The second kappa shape index (κ2) is 8.40. The third kappa shape index (κ3) is 3.59. The summed E-state index contributed by atoms with van der Waals surface area (Å²) >= 11 is 6.78. The standard InChI is InChI=1S/C22H23Br2NO5/c1-29-16-8-10(6-14(23)21(16)27)18-12-4-3-5-13(20(12)26)19(25-18)11-7-15(24)22(28)17(9-11)30-2/h6-9,12-13,18-19,25,27-28H,3-5H2,1-2H3/t12-,13+,18+,19-. The summed E-state index contributed by atoms with van der Waals surface area (Å²) in [6.45, 7) is 0. The normalized spacial score (nSPS) is 25.8. The van der Waals surface area contributed by atoms with Gasteiger partial charge >= 0.3 is 0 Å². The second-order valence-corrected chi connectivity index (χ2v) is 9.48. The Balaban J connectivity index is 1.79. The number of phenolic OH excluding ortho intramolecular Hbond substituents is 2. The van der Waals surface area contributed by atoms with E-state index in [0.29, 0.717) is 20.4 Å². The number of benzene rings is 2. The number of hydrogen-bond donors (Lipinski definition) is 3. The van der Waals surface area contributed by atoms with Gasteiger partial charge in [0.2, 0.25) is 0 Å². The minimum atomic E-state index is -0.219. The molecule has 1 saturated heterocycles. The van der Waals surface area contributed by atoms with Crippen LogP contribution in [0.3, 0.4) is 0 Å². The summed E-state index contributed by atoms with van der Waals surface area (Å²) in [5.41, 5.74) is 1.76. The van der Waals surface area contributed by atoms with Gasteiger partial charge in [-0.25, -0.2) is 0 Å². The number of fused-ring (bicyclic) bond motifs is 2. The van der Waals surface area contributed by atoms with Gasteiger partial charge in [-0.2, -0.15) is 0 Å². The van der Waals surface area contributed by atoms with E-state index in [1.807, 2.05) is 12.1 Å². The fourth-order valence-corrected chi connectivity index (χ4v) is 5.64. The number of aromatic hydroxyl groups is 2. The maximum absolute atomic E-state index is 13.4. The lowest BCUT2D eigenvalue weighted by Crippen LogP contribution is -2.50. The number of methoxy groups -OCH3 is 2. The largest absolute Gasteiger partial charge is 0.503 e. The zero-order valence-electron chi connectivity index (χ0n) is 16.6. The molecule has 1 aliphatic heterocycles. The lowest BCUT2D eigenvalue weighted by atomic mass is 9.67. The number of Topliss-reactive ketones (excluding diaryl/α,β-unsaturated/α-hetero) is 1. The summed E-state index contributed by atoms with van der Waals surface area (Å²) in [5, 5.41) is 24.1.